The van der Waals surface area contributed by atoms with Crippen molar-refractivity contribution in [1.29, 1.82) is 0 Å². The van der Waals surface area contributed by atoms with E-state index in [9.17, 15) is 31.1 Å². The van der Waals surface area contributed by atoms with Crippen LogP contribution in [-0.4, -0.2) is 23.5 Å². The highest BCUT2D eigenvalue weighted by atomic mass is 35.5. The summed E-state index contributed by atoms with van der Waals surface area (Å²) in [4.78, 5) is 11.6. The molecular formula is C12H8ClF6NO. The number of hydrogen-bond acceptors (Lipinski definition) is 1. The maximum Gasteiger partial charge on any atom is 0.471 e. The minimum atomic E-state index is -5.06. The third kappa shape index (κ3) is 3.09. The second kappa shape index (κ2) is 5.08. The van der Waals surface area contributed by atoms with Crippen LogP contribution in [0.25, 0.3) is 0 Å². The van der Waals surface area contributed by atoms with Gasteiger partial charge in [0.1, 0.15) is 0 Å². The largest absolute Gasteiger partial charge is 0.471 e. The molecular weight excluding hydrogens is 324 g/mol. The number of carbonyl (C=O) groups excluding carboxylic acids is 1. The van der Waals surface area contributed by atoms with Crippen molar-refractivity contribution >= 4 is 17.5 Å². The lowest BCUT2D eigenvalue weighted by Crippen LogP contribution is -2.44. The number of carbonyl (C=O) groups is 1. The molecule has 2 rings (SSSR count). The van der Waals surface area contributed by atoms with Gasteiger partial charge in [-0.25, -0.2) is 0 Å². The lowest BCUT2D eigenvalue weighted by Gasteiger charge is -2.31. The molecule has 0 saturated carbocycles. The molecule has 1 aromatic carbocycles. The summed E-state index contributed by atoms with van der Waals surface area (Å²) in [5, 5.41) is -0.0855. The molecule has 9 heteroatoms. The summed E-state index contributed by atoms with van der Waals surface area (Å²) in [7, 11) is 0. The minimum Gasteiger partial charge on any atom is -0.330 e. The molecule has 0 bridgehead atoms. The zero-order chi connectivity index (χ0) is 16.0. The summed E-state index contributed by atoms with van der Waals surface area (Å²) in [5.41, 5.74) is -1.17. The highest BCUT2D eigenvalue weighted by Gasteiger charge is 2.44. The molecule has 0 aliphatic carbocycles. The van der Waals surface area contributed by atoms with Crippen LogP contribution in [0.3, 0.4) is 0 Å². The van der Waals surface area contributed by atoms with E-state index in [1.165, 1.54) is 0 Å². The molecule has 0 aromatic heterocycles. The van der Waals surface area contributed by atoms with Crippen molar-refractivity contribution in [3.8, 4) is 0 Å². The van der Waals surface area contributed by atoms with Crippen LogP contribution in [0.2, 0.25) is 5.02 Å². The molecule has 1 aromatic rings. The van der Waals surface area contributed by atoms with E-state index in [0.717, 1.165) is 12.1 Å². The summed E-state index contributed by atoms with van der Waals surface area (Å²) in [6, 6.07) is 1.77. The lowest BCUT2D eigenvalue weighted by molar-refractivity contribution is -0.186. The summed E-state index contributed by atoms with van der Waals surface area (Å²) < 4.78 is 75.7. The average Bonchev–Trinajstić information content (AvgIpc) is 2.35. The van der Waals surface area contributed by atoms with Crippen LogP contribution >= 0.6 is 11.6 Å². The van der Waals surface area contributed by atoms with Crippen LogP contribution in [0.5, 0.6) is 0 Å². The van der Waals surface area contributed by atoms with Crippen molar-refractivity contribution in [1.82, 2.24) is 4.90 Å². The molecule has 0 unspecified atom stereocenters. The molecule has 0 atom stereocenters. The van der Waals surface area contributed by atoms with Gasteiger partial charge in [0, 0.05) is 18.1 Å². The Balaban J connectivity index is 2.40. The normalized spacial score (nSPS) is 15.9. The molecule has 1 amide bonds. The van der Waals surface area contributed by atoms with Gasteiger partial charge in [0.25, 0.3) is 0 Å². The second-order valence-corrected chi connectivity index (χ2v) is 4.93. The Morgan fingerprint density at radius 2 is 1.71 bits per heavy atom. The fourth-order valence-corrected chi connectivity index (χ4v) is 2.49. The predicted molar refractivity (Wildman–Crippen MR) is 61.6 cm³/mol. The number of halogens is 7. The smallest absolute Gasteiger partial charge is 0.330 e. The molecule has 0 saturated heterocycles. The summed E-state index contributed by atoms with van der Waals surface area (Å²) in [6.45, 7) is -1.02. The van der Waals surface area contributed by atoms with Crippen LogP contribution < -0.4 is 0 Å². The number of alkyl halides is 6. The zero-order valence-electron chi connectivity index (χ0n) is 10.3. The van der Waals surface area contributed by atoms with Gasteiger partial charge in [-0.15, -0.1) is 0 Å². The van der Waals surface area contributed by atoms with E-state index in [1.807, 2.05) is 0 Å². The van der Waals surface area contributed by atoms with Gasteiger partial charge in [-0.1, -0.05) is 11.6 Å². The lowest BCUT2D eigenvalue weighted by atomic mass is 9.94. The van der Waals surface area contributed by atoms with Crippen molar-refractivity contribution in [2.75, 3.05) is 6.54 Å². The van der Waals surface area contributed by atoms with E-state index >= 15 is 0 Å². The Morgan fingerprint density at radius 1 is 1.10 bits per heavy atom. The number of hydrogen-bond donors (Lipinski definition) is 0. The van der Waals surface area contributed by atoms with Crippen LogP contribution in [-0.2, 0) is 23.9 Å². The summed E-state index contributed by atoms with van der Waals surface area (Å²) in [5.74, 6) is -2.08. The maximum absolute atomic E-state index is 12.8. The van der Waals surface area contributed by atoms with Crippen molar-refractivity contribution in [3.63, 3.8) is 0 Å². The first kappa shape index (κ1) is 15.9. The van der Waals surface area contributed by atoms with Gasteiger partial charge in [-0.3, -0.25) is 4.79 Å². The zero-order valence-corrected chi connectivity index (χ0v) is 11.0. The van der Waals surface area contributed by atoms with Gasteiger partial charge in [0.2, 0.25) is 0 Å². The molecule has 0 spiro atoms. The summed E-state index contributed by atoms with van der Waals surface area (Å²) >= 11 is 5.76. The van der Waals surface area contributed by atoms with E-state index < -0.39 is 36.9 Å². The topological polar surface area (TPSA) is 20.3 Å². The molecule has 1 heterocycles. The monoisotopic (exact) mass is 331 g/mol. The number of nitrogens with zero attached hydrogens (tertiary/aromatic N) is 1. The molecule has 1 aliphatic rings. The van der Waals surface area contributed by atoms with E-state index in [-0.39, 0.29) is 22.6 Å². The van der Waals surface area contributed by atoms with E-state index in [2.05, 4.69) is 0 Å². The molecule has 116 valence electrons. The van der Waals surface area contributed by atoms with Gasteiger partial charge in [-0.05, 0) is 29.7 Å². The molecule has 1 aliphatic heterocycles. The van der Waals surface area contributed by atoms with E-state index in [0.29, 0.717) is 4.90 Å². The quantitative estimate of drug-likeness (QED) is 0.662. The highest BCUT2D eigenvalue weighted by Crippen LogP contribution is 2.38. The Hall–Kier alpha value is -1.44. The number of fused-ring (bicyclic) bond motifs is 1. The first-order chi connectivity index (χ1) is 9.51. The van der Waals surface area contributed by atoms with Crippen molar-refractivity contribution in [2.24, 2.45) is 0 Å². The molecule has 0 radical (unpaired) electrons. The van der Waals surface area contributed by atoms with Gasteiger partial charge in [0.15, 0.2) is 0 Å². The van der Waals surface area contributed by atoms with Gasteiger partial charge in [-0.2, -0.15) is 26.3 Å². The third-order valence-electron chi connectivity index (χ3n) is 3.19. The standard InChI is InChI=1S/C12H8ClF6NO/c13-9-2-1-8(11(14,15)16)6-3-4-20(5-7(6)9)10(21)12(17,18)19/h1-2H,3-5H2. The predicted octanol–water partition coefficient (Wildman–Crippen LogP) is 3.81. The fourth-order valence-electron chi connectivity index (χ4n) is 2.26. The second-order valence-electron chi connectivity index (χ2n) is 4.52. The van der Waals surface area contributed by atoms with Gasteiger partial charge in [0.05, 0.1) is 5.56 Å². The van der Waals surface area contributed by atoms with Crippen molar-refractivity contribution < 1.29 is 31.1 Å². The molecule has 21 heavy (non-hydrogen) atoms. The SMILES string of the molecule is O=C(N1CCc2c(C(F)(F)F)ccc(Cl)c2C1)C(F)(F)F. The van der Waals surface area contributed by atoms with Crippen LogP contribution in [0.15, 0.2) is 12.1 Å². The number of rotatable bonds is 0. The Morgan fingerprint density at radius 3 is 2.24 bits per heavy atom. The van der Waals surface area contributed by atoms with Crippen LogP contribution in [0, 0.1) is 0 Å². The Labute approximate surface area is 120 Å². The van der Waals surface area contributed by atoms with Crippen molar-refractivity contribution in [3.05, 3.63) is 33.8 Å². The summed E-state index contributed by atoms with van der Waals surface area (Å²) in [6.07, 6.45) is -10.0. The Bertz CT molecular complexity index is 580. The number of amides is 1. The van der Waals surface area contributed by atoms with Crippen molar-refractivity contribution in [2.45, 2.75) is 25.3 Å². The molecule has 2 nitrogen and oxygen atoms in total. The van der Waals surface area contributed by atoms with Gasteiger partial charge < -0.3 is 4.90 Å². The third-order valence-corrected chi connectivity index (χ3v) is 3.54. The molecule has 0 fully saturated rings. The van der Waals surface area contributed by atoms with E-state index in [1.54, 1.807) is 0 Å². The van der Waals surface area contributed by atoms with E-state index in [4.69, 9.17) is 11.6 Å². The highest BCUT2D eigenvalue weighted by molar-refractivity contribution is 6.31. The first-order valence-corrected chi connectivity index (χ1v) is 6.13. The maximum atomic E-state index is 12.8. The minimum absolute atomic E-state index is 0.0855. The fraction of sp³-hybridized carbons (Fsp3) is 0.417. The first-order valence-electron chi connectivity index (χ1n) is 5.75. The molecule has 0 N–H and O–H groups in total. The number of benzene rings is 1. The Kier molecular flexibility index (Phi) is 3.86. The average molecular weight is 332 g/mol. The van der Waals surface area contributed by atoms with Crippen LogP contribution in [0.1, 0.15) is 16.7 Å². The van der Waals surface area contributed by atoms with Gasteiger partial charge >= 0.3 is 18.3 Å². The van der Waals surface area contributed by atoms with Crippen LogP contribution in [0.4, 0.5) is 26.3 Å².